The number of nitrogens with zero attached hydrogens (tertiary/aromatic N) is 1. The molecule has 0 aromatic heterocycles. The van der Waals surface area contributed by atoms with Crippen LogP contribution in [0.1, 0.15) is 59.2 Å². The Morgan fingerprint density at radius 3 is 2.27 bits per heavy atom. The maximum Gasteiger partial charge on any atom is 0.419 e. The molecule has 3 aromatic carbocycles. The van der Waals surface area contributed by atoms with Crippen LogP contribution in [0.5, 0.6) is 0 Å². The normalized spacial score (nSPS) is 15.1. The lowest BCUT2D eigenvalue weighted by Gasteiger charge is -2.37. The Morgan fingerprint density at radius 2 is 1.60 bits per heavy atom. The highest BCUT2D eigenvalue weighted by molar-refractivity contribution is 6.00. The van der Waals surface area contributed by atoms with Gasteiger partial charge in [0.25, 0.3) is 0 Å². The molecule has 1 aliphatic heterocycles. The summed E-state index contributed by atoms with van der Waals surface area (Å²) in [5, 5.41) is 5.08. The average molecular weight is 627 g/mol. The van der Waals surface area contributed by atoms with Crippen LogP contribution in [-0.2, 0) is 33.5 Å². The van der Waals surface area contributed by atoms with E-state index >= 15 is 0 Å². The lowest BCUT2D eigenvalue weighted by molar-refractivity contribution is -0.142. The van der Waals surface area contributed by atoms with Crippen LogP contribution in [-0.4, -0.2) is 47.0 Å². The summed E-state index contributed by atoms with van der Waals surface area (Å²) in [6, 6.07) is 15.8. The molecular weight excluding hydrogens is 592 g/mol. The number of amides is 3. The second-order valence-corrected chi connectivity index (χ2v) is 10.8. The molecule has 0 saturated carbocycles. The number of carbonyl (C=O) groups is 4. The van der Waals surface area contributed by atoms with Crippen molar-refractivity contribution >= 4 is 29.2 Å². The topological polar surface area (TPSA) is 122 Å². The van der Waals surface area contributed by atoms with Gasteiger partial charge in [-0.05, 0) is 55.1 Å². The molecule has 0 unspecified atom stereocenters. The van der Waals surface area contributed by atoms with Crippen molar-refractivity contribution in [3.8, 4) is 0 Å². The minimum atomic E-state index is -4.90. The molecule has 1 heterocycles. The molecule has 0 fully saturated rings. The Labute approximate surface area is 258 Å². The van der Waals surface area contributed by atoms with Gasteiger partial charge in [0.05, 0.1) is 5.56 Å². The molecule has 4 N–H and O–H groups in total. The number of nitrogens with two attached hydrogens (primary N) is 1. The number of unbranched alkanes of at least 4 members (excludes halogenated alkanes) is 1. The monoisotopic (exact) mass is 626 g/mol. The first-order valence-electron chi connectivity index (χ1n) is 14.6. The van der Waals surface area contributed by atoms with E-state index < -0.39 is 47.4 Å². The molecule has 238 valence electrons. The minimum Gasteiger partial charge on any atom is -0.342 e. The van der Waals surface area contributed by atoms with E-state index in [1.807, 2.05) is 24.3 Å². The van der Waals surface area contributed by atoms with Gasteiger partial charge >= 0.3 is 6.18 Å². The third-order valence-electron chi connectivity index (χ3n) is 7.66. The first-order chi connectivity index (χ1) is 21.5. The number of anilines is 1. The summed E-state index contributed by atoms with van der Waals surface area (Å²) in [6.45, 7) is 0.456. The molecule has 3 amide bonds. The van der Waals surface area contributed by atoms with Gasteiger partial charge < -0.3 is 21.3 Å². The number of benzene rings is 3. The number of alkyl halides is 3. The average Bonchev–Trinajstić information content (AvgIpc) is 3.02. The van der Waals surface area contributed by atoms with Gasteiger partial charge in [0.15, 0.2) is 5.78 Å². The summed E-state index contributed by atoms with van der Waals surface area (Å²) in [4.78, 5) is 54.4. The molecule has 0 radical (unpaired) electrons. The molecule has 12 heteroatoms. The summed E-state index contributed by atoms with van der Waals surface area (Å²) >= 11 is 0. The number of ketones is 1. The first-order valence-corrected chi connectivity index (χ1v) is 14.6. The fraction of sp³-hybridized carbons (Fsp3) is 0.333. The molecule has 1 aliphatic rings. The Morgan fingerprint density at radius 1 is 0.911 bits per heavy atom. The Bertz CT molecular complexity index is 1530. The number of hydrogen-bond donors (Lipinski definition) is 3. The first kappa shape index (κ1) is 33.3. The van der Waals surface area contributed by atoms with E-state index in [-0.39, 0.29) is 43.7 Å². The quantitative estimate of drug-likeness (QED) is 0.148. The summed E-state index contributed by atoms with van der Waals surface area (Å²) in [5.41, 5.74) is 6.09. The lowest BCUT2D eigenvalue weighted by Crippen LogP contribution is -2.56. The van der Waals surface area contributed by atoms with Crippen molar-refractivity contribution in [2.24, 2.45) is 5.73 Å². The van der Waals surface area contributed by atoms with Crippen molar-refractivity contribution in [2.45, 2.75) is 63.3 Å². The van der Waals surface area contributed by atoms with E-state index in [9.17, 15) is 36.7 Å². The Hall–Kier alpha value is -4.58. The van der Waals surface area contributed by atoms with Gasteiger partial charge in [-0.3, -0.25) is 19.2 Å². The third-order valence-corrected chi connectivity index (χ3v) is 7.66. The number of hydrogen-bond acceptors (Lipinski definition) is 5. The van der Waals surface area contributed by atoms with Crippen LogP contribution >= 0.6 is 0 Å². The van der Waals surface area contributed by atoms with Gasteiger partial charge in [0, 0.05) is 37.1 Å². The maximum absolute atomic E-state index is 14.1. The highest BCUT2D eigenvalue weighted by atomic mass is 19.4. The van der Waals surface area contributed by atoms with Crippen LogP contribution in [0, 0.1) is 5.82 Å². The van der Waals surface area contributed by atoms with Gasteiger partial charge in [-0.2, -0.15) is 13.2 Å². The number of halogens is 4. The van der Waals surface area contributed by atoms with Gasteiger partial charge in [-0.1, -0.05) is 54.6 Å². The molecule has 0 aliphatic carbocycles. The number of fused-ring (bicyclic) bond motifs is 1. The van der Waals surface area contributed by atoms with Crippen molar-refractivity contribution < 1.29 is 36.7 Å². The number of nitrogens with one attached hydrogen (secondary N) is 2. The van der Waals surface area contributed by atoms with Crippen molar-refractivity contribution in [3.05, 3.63) is 101 Å². The van der Waals surface area contributed by atoms with E-state index in [1.165, 1.54) is 4.90 Å². The van der Waals surface area contributed by atoms with Crippen LogP contribution in [0.3, 0.4) is 0 Å². The highest BCUT2D eigenvalue weighted by Crippen LogP contribution is 2.32. The van der Waals surface area contributed by atoms with Crippen molar-refractivity contribution in [1.82, 2.24) is 10.2 Å². The van der Waals surface area contributed by atoms with Crippen LogP contribution in [0.4, 0.5) is 23.2 Å². The van der Waals surface area contributed by atoms with E-state index in [0.29, 0.717) is 37.1 Å². The molecular formula is C33H34F4N4O4. The largest absolute Gasteiger partial charge is 0.419 e. The predicted octanol–water partition coefficient (Wildman–Crippen LogP) is 5.01. The van der Waals surface area contributed by atoms with Crippen LogP contribution in [0.2, 0.25) is 0 Å². The SMILES string of the molecule is NCCCC[C@H](NC(=O)[C@@H]1Cc2ccccc2CN1C(=O)CCC(=O)c1ccccc1)C(=O)Nc1ccc(C(F)(F)F)c(F)c1. The summed E-state index contributed by atoms with van der Waals surface area (Å²) in [7, 11) is 0. The second kappa shape index (κ2) is 14.9. The number of Topliss-reactive ketones (excluding diaryl/α,β-unsaturated/α-hetero) is 1. The molecule has 45 heavy (non-hydrogen) atoms. The molecule has 0 spiro atoms. The zero-order valence-corrected chi connectivity index (χ0v) is 24.4. The van der Waals surface area contributed by atoms with Crippen LogP contribution < -0.4 is 16.4 Å². The van der Waals surface area contributed by atoms with E-state index in [2.05, 4.69) is 10.6 Å². The zero-order chi connectivity index (χ0) is 32.6. The third kappa shape index (κ3) is 8.75. The van der Waals surface area contributed by atoms with Crippen LogP contribution in [0.25, 0.3) is 0 Å². The Balaban J connectivity index is 1.51. The molecule has 3 aromatic rings. The summed E-state index contributed by atoms with van der Waals surface area (Å²) in [5.74, 6) is -3.54. The fourth-order valence-electron chi connectivity index (χ4n) is 5.23. The molecule has 0 bridgehead atoms. The number of carbonyl (C=O) groups excluding carboxylic acids is 4. The molecule has 0 saturated heterocycles. The van der Waals surface area contributed by atoms with Crippen molar-refractivity contribution in [1.29, 1.82) is 0 Å². The van der Waals surface area contributed by atoms with Crippen molar-refractivity contribution in [3.63, 3.8) is 0 Å². The molecule has 2 atom stereocenters. The summed E-state index contributed by atoms with van der Waals surface area (Å²) in [6.07, 6.45) is -3.80. The minimum absolute atomic E-state index is 0.0524. The Kier molecular flexibility index (Phi) is 11.1. The predicted molar refractivity (Wildman–Crippen MR) is 159 cm³/mol. The maximum atomic E-state index is 14.1. The van der Waals surface area contributed by atoms with E-state index in [0.717, 1.165) is 17.2 Å². The van der Waals surface area contributed by atoms with Gasteiger partial charge in [-0.15, -0.1) is 0 Å². The van der Waals surface area contributed by atoms with Crippen molar-refractivity contribution in [2.75, 3.05) is 11.9 Å². The van der Waals surface area contributed by atoms with Crippen LogP contribution in [0.15, 0.2) is 72.8 Å². The summed E-state index contributed by atoms with van der Waals surface area (Å²) < 4.78 is 53.1. The molecule has 8 nitrogen and oxygen atoms in total. The van der Waals surface area contributed by atoms with Gasteiger partial charge in [0.1, 0.15) is 17.9 Å². The second-order valence-electron chi connectivity index (χ2n) is 10.8. The highest BCUT2D eigenvalue weighted by Gasteiger charge is 2.37. The molecule has 4 rings (SSSR count). The number of rotatable bonds is 12. The van der Waals surface area contributed by atoms with Gasteiger partial charge in [0.2, 0.25) is 17.7 Å². The van der Waals surface area contributed by atoms with E-state index in [1.54, 1.807) is 30.3 Å². The fourth-order valence-corrected chi connectivity index (χ4v) is 5.23. The lowest BCUT2D eigenvalue weighted by atomic mass is 9.92. The standard InChI is InChI=1S/C33H34F4N4O4/c34-26-19-24(13-14-25(26)33(35,36)37)39-31(44)27(12-6-7-17-38)40-32(45)28-18-22-10-4-5-11-23(22)20-41(28)30(43)16-15-29(42)21-8-2-1-3-9-21/h1-5,8-11,13-14,19,27-28H,6-7,12,15-18,20,38H2,(H,39,44)(H,40,45)/t27-,28-/m0/s1. The smallest absolute Gasteiger partial charge is 0.342 e. The zero-order valence-electron chi connectivity index (χ0n) is 24.4. The van der Waals surface area contributed by atoms with Gasteiger partial charge in [-0.25, -0.2) is 4.39 Å². The van der Waals surface area contributed by atoms with E-state index in [4.69, 9.17) is 5.73 Å².